The number of aromatic nitrogens is 1. The van der Waals surface area contributed by atoms with Crippen molar-refractivity contribution in [1.29, 1.82) is 0 Å². The van der Waals surface area contributed by atoms with Crippen molar-refractivity contribution in [3.63, 3.8) is 0 Å². The van der Waals surface area contributed by atoms with Gasteiger partial charge in [0.2, 0.25) is 0 Å². The van der Waals surface area contributed by atoms with Crippen LogP contribution >= 0.6 is 11.3 Å². The van der Waals surface area contributed by atoms with E-state index in [2.05, 4.69) is 10.3 Å². The number of carboxylic acid groups (broad SMARTS) is 1. The first kappa shape index (κ1) is 21.3. The van der Waals surface area contributed by atoms with E-state index in [0.29, 0.717) is 10.6 Å². The Bertz CT molecular complexity index is 859. The van der Waals surface area contributed by atoms with Crippen molar-refractivity contribution >= 4 is 23.2 Å². The van der Waals surface area contributed by atoms with Gasteiger partial charge >= 0.3 is 12.1 Å². The summed E-state index contributed by atoms with van der Waals surface area (Å²) in [5, 5.41) is 14.1. The molecule has 9 heteroatoms. The fourth-order valence-electron chi connectivity index (χ4n) is 3.60. The Morgan fingerprint density at radius 3 is 2.41 bits per heavy atom. The van der Waals surface area contributed by atoms with Crippen molar-refractivity contribution in [1.82, 2.24) is 10.3 Å². The molecule has 0 radical (unpaired) electrons. The second-order valence-corrected chi connectivity index (χ2v) is 8.02. The molecule has 1 heterocycles. The fourth-order valence-corrected chi connectivity index (χ4v) is 4.40. The number of hydrogen-bond donors (Lipinski definition) is 2. The summed E-state index contributed by atoms with van der Waals surface area (Å²) in [5.74, 6) is -1.98. The van der Waals surface area contributed by atoms with Crippen molar-refractivity contribution in [2.75, 3.05) is 6.54 Å². The van der Waals surface area contributed by atoms with E-state index < -0.39 is 29.5 Å². The smallest absolute Gasteiger partial charge is 0.416 e. The quantitative estimate of drug-likeness (QED) is 0.693. The summed E-state index contributed by atoms with van der Waals surface area (Å²) >= 11 is 1.14. The van der Waals surface area contributed by atoms with Crippen LogP contribution < -0.4 is 5.32 Å². The average molecular weight is 426 g/mol. The van der Waals surface area contributed by atoms with Crippen LogP contribution in [-0.4, -0.2) is 28.5 Å². The van der Waals surface area contributed by atoms with Crippen LogP contribution in [0.3, 0.4) is 0 Å². The lowest BCUT2D eigenvalue weighted by Crippen LogP contribution is -2.37. The Labute approximate surface area is 170 Å². The summed E-state index contributed by atoms with van der Waals surface area (Å²) in [6.45, 7) is 0.0337. The van der Waals surface area contributed by atoms with Gasteiger partial charge in [0.05, 0.1) is 11.5 Å². The van der Waals surface area contributed by atoms with Crippen LogP contribution in [-0.2, 0) is 11.0 Å². The molecule has 5 nitrogen and oxygen atoms in total. The van der Waals surface area contributed by atoms with E-state index in [4.69, 9.17) is 0 Å². The number of nitrogens with zero attached hydrogens (tertiary/aromatic N) is 1. The summed E-state index contributed by atoms with van der Waals surface area (Å²) in [6.07, 6.45) is 0.408. The fraction of sp³-hybridized carbons (Fsp3) is 0.450. The summed E-state index contributed by atoms with van der Waals surface area (Å²) in [4.78, 5) is 28.2. The van der Waals surface area contributed by atoms with E-state index in [1.165, 1.54) is 17.5 Å². The first-order chi connectivity index (χ1) is 13.8. The van der Waals surface area contributed by atoms with Gasteiger partial charge in [0.1, 0.15) is 10.7 Å². The molecule has 0 aliphatic heterocycles. The highest BCUT2D eigenvalue weighted by atomic mass is 32.1. The highest BCUT2D eigenvalue weighted by molar-refractivity contribution is 7.13. The van der Waals surface area contributed by atoms with Gasteiger partial charge in [-0.05, 0) is 30.9 Å². The van der Waals surface area contributed by atoms with Crippen LogP contribution in [0.25, 0.3) is 10.6 Å². The zero-order valence-corrected chi connectivity index (χ0v) is 16.4. The molecule has 1 aliphatic carbocycles. The molecule has 1 atom stereocenters. The van der Waals surface area contributed by atoms with Crippen molar-refractivity contribution in [2.45, 2.75) is 38.3 Å². The number of carbonyl (C=O) groups excluding carboxylic acids is 1. The third-order valence-electron chi connectivity index (χ3n) is 5.21. The predicted octanol–water partition coefficient (Wildman–Crippen LogP) is 4.84. The van der Waals surface area contributed by atoms with Gasteiger partial charge in [0.15, 0.2) is 0 Å². The van der Waals surface area contributed by atoms with Crippen molar-refractivity contribution in [3.05, 3.63) is 40.9 Å². The van der Waals surface area contributed by atoms with E-state index in [9.17, 15) is 27.9 Å². The SMILES string of the molecule is O=C(NCC(C(=O)O)C1CCCCC1)c1csc(-c2ccc(C(F)(F)F)cc2)n1. The molecule has 2 N–H and O–H groups in total. The van der Waals surface area contributed by atoms with Crippen LogP contribution in [0.15, 0.2) is 29.6 Å². The molecule has 1 aromatic carbocycles. The number of carbonyl (C=O) groups is 2. The summed E-state index contributed by atoms with van der Waals surface area (Å²) < 4.78 is 38.0. The van der Waals surface area contributed by atoms with Crippen LogP contribution in [0.1, 0.15) is 48.2 Å². The predicted molar refractivity (Wildman–Crippen MR) is 103 cm³/mol. The normalized spacial score (nSPS) is 16.4. The van der Waals surface area contributed by atoms with Gasteiger partial charge in [-0.2, -0.15) is 13.2 Å². The van der Waals surface area contributed by atoms with Crippen molar-refractivity contribution in [2.24, 2.45) is 11.8 Å². The molecule has 156 valence electrons. The number of aliphatic carboxylic acids is 1. The molecular formula is C20H21F3N2O3S. The molecule has 0 spiro atoms. The molecular weight excluding hydrogens is 405 g/mol. The monoisotopic (exact) mass is 426 g/mol. The standard InChI is InChI=1S/C20H21F3N2O3S/c21-20(22,23)14-8-6-13(7-9-14)18-25-16(11-29-18)17(26)24-10-15(19(27)28)12-4-2-1-3-5-12/h6-9,11-12,15H,1-5,10H2,(H,24,26)(H,27,28). The van der Waals surface area contributed by atoms with Gasteiger partial charge < -0.3 is 10.4 Å². The van der Waals surface area contributed by atoms with Gasteiger partial charge in [-0.1, -0.05) is 31.4 Å². The molecule has 1 unspecified atom stereocenters. The number of alkyl halides is 3. The molecule has 1 saturated carbocycles. The third-order valence-corrected chi connectivity index (χ3v) is 6.11. The zero-order valence-electron chi connectivity index (χ0n) is 15.5. The Hall–Kier alpha value is -2.42. The number of thiazole rings is 1. The number of carboxylic acids is 1. The molecule has 1 aromatic heterocycles. The van der Waals surface area contributed by atoms with Gasteiger partial charge in [-0.15, -0.1) is 11.3 Å². The molecule has 3 rings (SSSR count). The van der Waals surface area contributed by atoms with Crippen molar-refractivity contribution in [3.8, 4) is 10.6 Å². The first-order valence-corrected chi connectivity index (χ1v) is 10.3. The maximum Gasteiger partial charge on any atom is 0.416 e. The third kappa shape index (κ3) is 5.35. The lowest BCUT2D eigenvalue weighted by molar-refractivity contribution is -0.144. The number of amides is 1. The molecule has 1 fully saturated rings. The van der Waals surface area contributed by atoms with Gasteiger partial charge in [0, 0.05) is 17.5 Å². The molecule has 2 aromatic rings. The lowest BCUT2D eigenvalue weighted by atomic mass is 9.80. The highest BCUT2D eigenvalue weighted by Crippen LogP contribution is 2.32. The number of benzene rings is 1. The largest absolute Gasteiger partial charge is 0.481 e. The summed E-state index contributed by atoms with van der Waals surface area (Å²) in [6, 6.07) is 4.57. The van der Waals surface area contributed by atoms with E-state index >= 15 is 0 Å². The number of nitrogens with one attached hydrogen (secondary N) is 1. The highest BCUT2D eigenvalue weighted by Gasteiger charge is 2.31. The maximum absolute atomic E-state index is 12.7. The van der Waals surface area contributed by atoms with E-state index in [1.807, 2.05) is 0 Å². The van der Waals surface area contributed by atoms with Crippen molar-refractivity contribution < 1.29 is 27.9 Å². The van der Waals surface area contributed by atoms with Crippen LogP contribution in [0.2, 0.25) is 0 Å². The summed E-state index contributed by atoms with van der Waals surface area (Å²) in [5.41, 5.74) is -0.149. The van der Waals surface area contributed by atoms with E-state index in [0.717, 1.165) is 55.6 Å². The van der Waals surface area contributed by atoms with Crippen LogP contribution in [0.5, 0.6) is 0 Å². The minimum atomic E-state index is -4.41. The first-order valence-electron chi connectivity index (χ1n) is 9.40. The van der Waals surface area contributed by atoms with Gasteiger partial charge in [-0.25, -0.2) is 4.98 Å². The van der Waals surface area contributed by atoms with E-state index in [1.54, 1.807) is 0 Å². The summed E-state index contributed by atoms with van der Waals surface area (Å²) in [7, 11) is 0. The minimum Gasteiger partial charge on any atom is -0.481 e. The Kier molecular flexibility index (Phi) is 6.56. The molecule has 0 saturated heterocycles. The topological polar surface area (TPSA) is 79.3 Å². The Morgan fingerprint density at radius 2 is 1.83 bits per heavy atom. The molecule has 29 heavy (non-hydrogen) atoms. The van der Waals surface area contributed by atoms with E-state index in [-0.39, 0.29) is 18.2 Å². The lowest BCUT2D eigenvalue weighted by Gasteiger charge is -2.27. The number of rotatable bonds is 6. The van der Waals surface area contributed by atoms with Gasteiger partial charge in [-0.3, -0.25) is 9.59 Å². The average Bonchev–Trinajstić information content (AvgIpc) is 3.18. The zero-order chi connectivity index (χ0) is 21.0. The Morgan fingerprint density at radius 1 is 1.17 bits per heavy atom. The second-order valence-electron chi connectivity index (χ2n) is 7.17. The minimum absolute atomic E-state index is 0.0337. The molecule has 1 aliphatic rings. The van der Waals surface area contributed by atoms with Crippen LogP contribution in [0, 0.1) is 11.8 Å². The maximum atomic E-state index is 12.7. The van der Waals surface area contributed by atoms with Gasteiger partial charge in [0.25, 0.3) is 5.91 Å². The second kappa shape index (κ2) is 8.94. The van der Waals surface area contributed by atoms with Crippen LogP contribution in [0.4, 0.5) is 13.2 Å². The molecule has 0 bridgehead atoms. The number of hydrogen-bond acceptors (Lipinski definition) is 4. The molecule has 1 amide bonds. The Balaban J connectivity index is 1.63. The number of halogens is 3.